The Morgan fingerprint density at radius 2 is 1.78 bits per heavy atom. The summed E-state index contributed by atoms with van der Waals surface area (Å²) in [5, 5.41) is 8.29. The average Bonchev–Trinajstić information content (AvgIpc) is 3.20. The predicted molar refractivity (Wildman–Crippen MR) is 142 cm³/mol. The molecule has 0 fully saturated rings. The van der Waals surface area contributed by atoms with Crippen molar-refractivity contribution in [1.82, 2.24) is 4.57 Å². The van der Waals surface area contributed by atoms with Crippen LogP contribution in [0.3, 0.4) is 0 Å². The number of nitrogens with zero attached hydrogens (tertiary/aromatic N) is 2. The number of aryl methyl sites for hydroxylation is 2. The number of benzene rings is 2. The quantitative estimate of drug-likeness (QED) is 0.169. The van der Waals surface area contributed by atoms with Crippen molar-refractivity contribution in [3.63, 3.8) is 0 Å². The molecule has 0 aliphatic heterocycles. The predicted octanol–water partition coefficient (Wildman–Crippen LogP) is 4.36. The number of carbonyl (C=O) groups excluding carboxylic acids is 3. The van der Waals surface area contributed by atoms with E-state index in [2.05, 4.69) is 0 Å². The van der Waals surface area contributed by atoms with Crippen molar-refractivity contribution in [3.8, 4) is 0 Å². The van der Waals surface area contributed by atoms with Gasteiger partial charge in [-0.2, -0.15) is 0 Å². The second-order valence-corrected chi connectivity index (χ2v) is 8.78. The average molecular weight is 491 g/mol. The number of nitrogens with one attached hydrogen (secondary N) is 1. The maximum Gasteiger partial charge on any atom is 0.326 e. The zero-order valence-corrected chi connectivity index (χ0v) is 21.2. The fourth-order valence-corrected chi connectivity index (χ4v) is 4.13. The third-order valence-corrected chi connectivity index (χ3v) is 6.13. The topological polar surface area (TPSA) is 118 Å². The fraction of sp³-hybridized carbons (Fsp3) is 0.357. The van der Waals surface area contributed by atoms with Gasteiger partial charge in [-0.05, 0) is 37.5 Å². The SMILES string of the molecule is CCCCC(=O)N(CC(=O)OCC)c1ccc2c(C(=O)CCc3ccc(C(=N)N)cc3)cn(C)c2c1. The molecule has 3 N–H and O–H groups in total. The molecule has 190 valence electrons. The first-order chi connectivity index (χ1) is 17.2. The number of unbranched alkanes of at least 4 members (excludes halogenated alkanes) is 1. The Kier molecular flexibility index (Phi) is 9.00. The van der Waals surface area contributed by atoms with Crippen molar-refractivity contribution in [3.05, 3.63) is 65.4 Å². The number of esters is 1. The Balaban J connectivity index is 1.82. The highest BCUT2D eigenvalue weighted by atomic mass is 16.5. The van der Waals surface area contributed by atoms with Gasteiger partial charge in [0.05, 0.1) is 12.1 Å². The third kappa shape index (κ3) is 6.38. The number of nitrogen functional groups attached to an aromatic ring is 1. The van der Waals surface area contributed by atoms with Crippen LogP contribution in [0, 0.1) is 5.41 Å². The lowest BCUT2D eigenvalue weighted by molar-refractivity contribution is -0.142. The van der Waals surface area contributed by atoms with E-state index in [9.17, 15) is 14.4 Å². The maximum atomic E-state index is 13.1. The van der Waals surface area contributed by atoms with E-state index in [1.807, 2.05) is 49.0 Å². The summed E-state index contributed by atoms with van der Waals surface area (Å²) in [5.41, 5.74) is 9.18. The van der Waals surface area contributed by atoms with Gasteiger partial charge in [-0.1, -0.05) is 43.7 Å². The maximum absolute atomic E-state index is 13.1. The highest BCUT2D eigenvalue weighted by Crippen LogP contribution is 2.28. The minimum atomic E-state index is -0.457. The molecule has 1 aromatic heterocycles. The van der Waals surface area contributed by atoms with Crippen molar-refractivity contribution < 1.29 is 19.1 Å². The second kappa shape index (κ2) is 12.2. The number of amidine groups is 1. The lowest BCUT2D eigenvalue weighted by Crippen LogP contribution is -2.36. The van der Waals surface area contributed by atoms with Gasteiger partial charge in [0.1, 0.15) is 12.4 Å². The van der Waals surface area contributed by atoms with Crippen molar-refractivity contribution in [2.75, 3.05) is 18.1 Å². The van der Waals surface area contributed by atoms with Crippen LogP contribution in [0.4, 0.5) is 5.69 Å². The molecule has 0 unspecified atom stereocenters. The molecule has 0 aliphatic carbocycles. The standard InChI is InChI=1S/C28H34N4O4/c1-4-6-7-26(34)32(18-27(35)36-5-2)21-13-14-22-23(17-31(3)24(22)16-21)25(33)15-10-19-8-11-20(12-9-19)28(29)30/h8-9,11-14,16-17H,4-7,10,15,18H2,1-3H3,(H3,29,30). The van der Waals surface area contributed by atoms with Crippen molar-refractivity contribution in [1.29, 1.82) is 5.41 Å². The van der Waals surface area contributed by atoms with Crippen molar-refractivity contribution in [2.24, 2.45) is 12.8 Å². The molecular weight excluding hydrogens is 456 g/mol. The summed E-state index contributed by atoms with van der Waals surface area (Å²) in [5.74, 6) is -0.556. The monoisotopic (exact) mass is 490 g/mol. The zero-order valence-electron chi connectivity index (χ0n) is 21.2. The number of fused-ring (bicyclic) bond motifs is 1. The summed E-state index contributed by atoms with van der Waals surface area (Å²) in [6, 6.07) is 12.8. The smallest absolute Gasteiger partial charge is 0.326 e. The minimum absolute atomic E-state index is 0.0145. The van der Waals surface area contributed by atoms with Gasteiger partial charge < -0.3 is 19.9 Å². The van der Waals surface area contributed by atoms with Gasteiger partial charge in [-0.3, -0.25) is 19.8 Å². The number of nitrogens with two attached hydrogens (primary N) is 1. The van der Waals surface area contributed by atoms with Gasteiger partial charge >= 0.3 is 5.97 Å². The van der Waals surface area contributed by atoms with Crippen LogP contribution in [0.15, 0.2) is 48.7 Å². The molecule has 0 saturated carbocycles. The molecule has 8 nitrogen and oxygen atoms in total. The number of carbonyl (C=O) groups is 3. The van der Waals surface area contributed by atoms with Crippen LogP contribution in [0.25, 0.3) is 10.9 Å². The summed E-state index contributed by atoms with van der Waals surface area (Å²) in [6.07, 6.45) is 4.68. The van der Waals surface area contributed by atoms with Crippen molar-refractivity contribution >= 4 is 40.1 Å². The molecule has 0 aliphatic rings. The van der Waals surface area contributed by atoms with E-state index in [1.54, 1.807) is 25.1 Å². The van der Waals surface area contributed by atoms with Gasteiger partial charge in [0.25, 0.3) is 0 Å². The number of ether oxygens (including phenoxy) is 1. The number of Topliss-reactive ketones (excluding diaryl/α,β-unsaturated/α-hetero) is 1. The van der Waals surface area contributed by atoms with E-state index >= 15 is 0 Å². The first-order valence-corrected chi connectivity index (χ1v) is 12.3. The van der Waals surface area contributed by atoms with Gasteiger partial charge in [0.15, 0.2) is 5.78 Å². The molecule has 3 rings (SSSR count). The Hall–Kier alpha value is -3.94. The van der Waals surface area contributed by atoms with Crippen LogP contribution in [0.1, 0.15) is 61.0 Å². The summed E-state index contributed by atoms with van der Waals surface area (Å²) >= 11 is 0. The molecule has 1 amide bonds. The highest BCUT2D eigenvalue weighted by molar-refractivity contribution is 6.09. The van der Waals surface area contributed by atoms with E-state index < -0.39 is 5.97 Å². The van der Waals surface area contributed by atoms with Crippen LogP contribution < -0.4 is 10.6 Å². The molecule has 0 saturated heterocycles. The van der Waals surface area contributed by atoms with E-state index in [0.717, 1.165) is 29.3 Å². The first kappa shape index (κ1) is 26.7. The van der Waals surface area contributed by atoms with E-state index in [1.165, 1.54) is 4.90 Å². The molecular formula is C28H34N4O4. The summed E-state index contributed by atoms with van der Waals surface area (Å²) in [7, 11) is 1.86. The molecule has 0 radical (unpaired) electrons. The summed E-state index contributed by atoms with van der Waals surface area (Å²) in [4.78, 5) is 39.6. The van der Waals surface area contributed by atoms with Crippen LogP contribution in [0.5, 0.6) is 0 Å². The van der Waals surface area contributed by atoms with Gasteiger partial charge in [-0.25, -0.2) is 0 Å². The molecule has 2 aromatic carbocycles. The number of rotatable bonds is 12. The minimum Gasteiger partial charge on any atom is -0.465 e. The largest absolute Gasteiger partial charge is 0.465 e. The number of hydrogen-bond donors (Lipinski definition) is 2. The summed E-state index contributed by atoms with van der Waals surface area (Å²) < 4.78 is 6.95. The molecule has 3 aromatic rings. The number of amides is 1. The van der Waals surface area contributed by atoms with Gasteiger partial charge in [-0.15, -0.1) is 0 Å². The third-order valence-electron chi connectivity index (χ3n) is 6.13. The number of ketones is 1. The zero-order chi connectivity index (χ0) is 26.2. The van der Waals surface area contributed by atoms with E-state index in [0.29, 0.717) is 36.1 Å². The number of hydrogen-bond acceptors (Lipinski definition) is 5. The Morgan fingerprint density at radius 1 is 1.06 bits per heavy atom. The Bertz CT molecular complexity index is 1260. The Morgan fingerprint density at radius 3 is 2.42 bits per heavy atom. The molecule has 0 atom stereocenters. The van der Waals surface area contributed by atoms with Gasteiger partial charge in [0, 0.05) is 48.3 Å². The number of anilines is 1. The second-order valence-electron chi connectivity index (χ2n) is 8.78. The molecule has 8 heteroatoms. The molecule has 1 heterocycles. The Labute approximate surface area is 211 Å². The van der Waals surface area contributed by atoms with Gasteiger partial charge in [0.2, 0.25) is 5.91 Å². The molecule has 0 spiro atoms. The highest BCUT2D eigenvalue weighted by Gasteiger charge is 2.22. The van der Waals surface area contributed by atoms with E-state index in [-0.39, 0.29) is 30.7 Å². The summed E-state index contributed by atoms with van der Waals surface area (Å²) in [6.45, 7) is 3.84. The van der Waals surface area contributed by atoms with Crippen molar-refractivity contribution in [2.45, 2.75) is 46.0 Å². The first-order valence-electron chi connectivity index (χ1n) is 12.3. The lowest BCUT2D eigenvalue weighted by Gasteiger charge is -2.22. The normalized spacial score (nSPS) is 10.9. The van der Waals surface area contributed by atoms with Crippen LogP contribution >= 0.6 is 0 Å². The molecule has 0 bridgehead atoms. The lowest BCUT2D eigenvalue weighted by atomic mass is 10.0. The van der Waals surface area contributed by atoms with Crippen LogP contribution in [0.2, 0.25) is 0 Å². The van der Waals surface area contributed by atoms with E-state index in [4.69, 9.17) is 15.9 Å². The number of aromatic nitrogens is 1. The molecule has 36 heavy (non-hydrogen) atoms. The van der Waals surface area contributed by atoms with Crippen LogP contribution in [-0.2, 0) is 27.8 Å². The fourth-order valence-electron chi connectivity index (χ4n) is 4.13. The van der Waals surface area contributed by atoms with Crippen LogP contribution in [-0.4, -0.2) is 41.2 Å².